The summed E-state index contributed by atoms with van der Waals surface area (Å²) >= 11 is 0. The fourth-order valence-electron chi connectivity index (χ4n) is 2.72. The van der Waals surface area contributed by atoms with Crippen molar-refractivity contribution >= 4 is 22.4 Å². The zero-order chi connectivity index (χ0) is 15.1. The number of aryl methyl sites for hydroxylation is 1. The molecule has 0 saturated carbocycles. The molecule has 5 nitrogen and oxygen atoms in total. The van der Waals surface area contributed by atoms with Crippen LogP contribution < -0.4 is 0 Å². The second kappa shape index (κ2) is 4.91. The van der Waals surface area contributed by atoms with Gasteiger partial charge in [-0.15, -0.1) is 0 Å². The van der Waals surface area contributed by atoms with E-state index in [0.29, 0.717) is 29.7 Å². The first kappa shape index (κ1) is 13.7. The Balaban J connectivity index is 1.98. The largest absolute Gasteiger partial charge is 0.510 e. The molecule has 3 rings (SSSR count). The van der Waals surface area contributed by atoms with Crippen molar-refractivity contribution in [3.05, 3.63) is 35.3 Å². The molecule has 1 aromatic carbocycles. The average Bonchev–Trinajstić information content (AvgIpc) is 2.90. The van der Waals surface area contributed by atoms with Gasteiger partial charge in [0.05, 0.1) is 23.2 Å². The fraction of sp³-hybridized carbons (Fsp3) is 0.375. The number of fused-ring (bicyclic) bond motifs is 1. The number of aromatic nitrogens is 2. The Hall–Kier alpha value is -2.30. The van der Waals surface area contributed by atoms with Gasteiger partial charge in [0.15, 0.2) is 0 Å². The number of aliphatic hydroxyl groups excluding tert-OH is 1. The topological polar surface area (TPSA) is 76.0 Å². The third-order valence-corrected chi connectivity index (χ3v) is 3.64. The van der Waals surface area contributed by atoms with Crippen LogP contribution in [-0.4, -0.2) is 38.9 Å². The Morgan fingerprint density at radius 1 is 1.43 bits per heavy atom. The van der Waals surface area contributed by atoms with E-state index in [1.54, 1.807) is 0 Å². The number of aliphatic hydroxyl groups is 1. The van der Waals surface area contributed by atoms with Gasteiger partial charge in [-0.05, 0) is 30.5 Å². The minimum Gasteiger partial charge on any atom is -0.510 e. The van der Waals surface area contributed by atoms with E-state index >= 15 is 0 Å². The van der Waals surface area contributed by atoms with Crippen molar-refractivity contribution in [3.8, 4) is 0 Å². The predicted octanol–water partition coefficient (Wildman–Crippen LogP) is 3.09. The second-order valence-electron chi connectivity index (χ2n) is 6.05. The molecule has 3 N–H and O–H groups in total. The van der Waals surface area contributed by atoms with Crippen LogP contribution in [0.4, 0.5) is 0 Å². The zero-order valence-electron chi connectivity index (χ0n) is 12.6. The molecular weight excluding hydrogens is 264 g/mol. The van der Waals surface area contributed by atoms with Crippen LogP contribution in [0.25, 0.3) is 16.6 Å². The van der Waals surface area contributed by atoms with Gasteiger partial charge in [0.25, 0.3) is 0 Å². The lowest BCUT2D eigenvalue weighted by molar-refractivity contribution is 0.329. The standard InChI is InChI=1S/C16H20N4O/c1-9(2)7-20-8-13(21)14(15(20)17)16-18-11-5-4-10(3)6-12(11)19-16/h4-6,9,17,21H,7-8H2,1-3H3,(H,18,19). The van der Waals surface area contributed by atoms with E-state index < -0.39 is 0 Å². The lowest BCUT2D eigenvalue weighted by atomic mass is 10.2. The van der Waals surface area contributed by atoms with Crippen molar-refractivity contribution < 1.29 is 5.11 Å². The van der Waals surface area contributed by atoms with Gasteiger partial charge < -0.3 is 15.0 Å². The second-order valence-corrected chi connectivity index (χ2v) is 6.05. The van der Waals surface area contributed by atoms with Gasteiger partial charge in [-0.2, -0.15) is 0 Å². The lowest BCUT2D eigenvalue weighted by Gasteiger charge is -2.20. The Morgan fingerprint density at radius 3 is 2.90 bits per heavy atom. The minimum absolute atomic E-state index is 0.219. The van der Waals surface area contributed by atoms with E-state index in [0.717, 1.165) is 23.1 Å². The van der Waals surface area contributed by atoms with Crippen molar-refractivity contribution in [2.45, 2.75) is 20.8 Å². The van der Waals surface area contributed by atoms with E-state index in [2.05, 4.69) is 23.8 Å². The normalized spacial score (nSPS) is 15.8. The van der Waals surface area contributed by atoms with E-state index in [9.17, 15) is 5.11 Å². The predicted molar refractivity (Wildman–Crippen MR) is 84.5 cm³/mol. The number of amidine groups is 1. The molecule has 0 amide bonds. The molecular formula is C16H20N4O. The molecule has 2 aromatic rings. The highest BCUT2D eigenvalue weighted by molar-refractivity contribution is 6.23. The Bertz CT molecular complexity index is 742. The monoisotopic (exact) mass is 284 g/mol. The molecule has 0 atom stereocenters. The number of benzene rings is 1. The number of nitrogens with one attached hydrogen (secondary N) is 2. The zero-order valence-corrected chi connectivity index (χ0v) is 12.6. The fourth-order valence-corrected chi connectivity index (χ4v) is 2.72. The molecule has 2 heterocycles. The molecule has 110 valence electrons. The van der Waals surface area contributed by atoms with E-state index in [4.69, 9.17) is 5.41 Å². The number of nitrogens with zero attached hydrogens (tertiary/aromatic N) is 2. The highest BCUT2D eigenvalue weighted by Crippen LogP contribution is 2.27. The summed E-state index contributed by atoms with van der Waals surface area (Å²) in [5.41, 5.74) is 3.45. The SMILES string of the molecule is Cc1ccc2nc(C3=C(O)CN(CC(C)C)C3=N)[nH]c2c1. The highest BCUT2D eigenvalue weighted by Gasteiger charge is 2.30. The maximum absolute atomic E-state index is 10.2. The van der Waals surface area contributed by atoms with Crippen molar-refractivity contribution in [2.75, 3.05) is 13.1 Å². The van der Waals surface area contributed by atoms with Gasteiger partial charge in [0.1, 0.15) is 17.4 Å². The number of imidazole rings is 1. The van der Waals surface area contributed by atoms with Crippen LogP contribution in [0.2, 0.25) is 0 Å². The van der Waals surface area contributed by atoms with Crippen LogP contribution in [0, 0.1) is 18.3 Å². The van der Waals surface area contributed by atoms with Crippen LogP contribution >= 0.6 is 0 Å². The number of H-pyrrole nitrogens is 1. The van der Waals surface area contributed by atoms with Crippen molar-refractivity contribution in [3.63, 3.8) is 0 Å². The van der Waals surface area contributed by atoms with Gasteiger partial charge in [0.2, 0.25) is 0 Å². The third-order valence-electron chi connectivity index (χ3n) is 3.64. The molecule has 0 aliphatic carbocycles. The number of rotatable bonds is 3. The number of aromatic amines is 1. The van der Waals surface area contributed by atoms with Crippen LogP contribution in [0.5, 0.6) is 0 Å². The van der Waals surface area contributed by atoms with Crippen LogP contribution in [0.3, 0.4) is 0 Å². The molecule has 1 aliphatic rings. The summed E-state index contributed by atoms with van der Waals surface area (Å²) in [6.07, 6.45) is 0. The van der Waals surface area contributed by atoms with Crippen LogP contribution in [-0.2, 0) is 0 Å². The summed E-state index contributed by atoms with van der Waals surface area (Å²) in [6, 6.07) is 5.98. The lowest BCUT2D eigenvalue weighted by Crippen LogP contribution is -2.30. The van der Waals surface area contributed by atoms with Gasteiger partial charge in [-0.25, -0.2) is 4.98 Å². The van der Waals surface area contributed by atoms with Gasteiger partial charge in [-0.3, -0.25) is 5.41 Å². The Labute approximate surface area is 123 Å². The summed E-state index contributed by atoms with van der Waals surface area (Å²) in [5.74, 6) is 1.58. The maximum atomic E-state index is 10.2. The molecule has 0 fully saturated rings. The molecule has 1 aliphatic heterocycles. The molecule has 0 spiro atoms. The quantitative estimate of drug-likeness (QED) is 0.810. The van der Waals surface area contributed by atoms with E-state index in [1.807, 2.05) is 30.0 Å². The molecule has 0 unspecified atom stereocenters. The van der Waals surface area contributed by atoms with Gasteiger partial charge >= 0.3 is 0 Å². The molecule has 0 saturated heterocycles. The van der Waals surface area contributed by atoms with E-state index in [1.165, 1.54) is 0 Å². The summed E-state index contributed by atoms with van der Waals surface area (Å²) < 4.78 is 0. The van der Waals surface area contributed by atoms with E-state index in [-0.39, 0.29) is 5.76 Å². The van der Waals surface area contributed by atoms with Gasteiger partial charge in [-0.1, -0.05) is 19.9 Å². The average molecular weight is 284 g/mol. The van der Waals surface area contributed by atoms with Crippen molar-refractivity contribution in [1.29, 1.82) is 5.41 Å². The Kier molecular flexibility index (Phi) is 3.20. The first-order valence-electron chi connectivity index (χ1n) is 7.18. The summed E-state index contributed by atoms with van der Waals surface area (Å²) in [4.78, 5) is 9.61. The minimum atomic E-state index is 0.219. The maximum Gasteiger partial charge on any atom is 0.145 e. The molecule has 5 heteroatoms. The number of hydrogen-bond donors (Lipinski definition) is 3. The smallest absolute Gasteiger partial charge is 0.145 e. The van der Waals surface area contributed by atoms with Crippen molar-refractivity contribution in [1.82, 2.24) is 14.9 Å². The summed E-state index contributed by atoms with van der Waals surface area (Å²) in [6.45, 7) is 7.38. The summed E-state index contributed by atoms with van der Waals surface area (Å²) in [5, 5.41) is 18.5. The van der Waals surface area contributed by atoms with Gasteiger partial charge in [0, 0.05) is 6.54 Å². The van der Waals surface area contributed by atoms with Crippen LogP contribution in [0.1, 0.15) is 25.2 Å². The third kappa shape index (κ3) is 2.39. The number of hydrogen-bond acceptors (Lipinski definition) is 3. The Morgan fingerprint density at radius 2 is 2.19 bits per heavy atom. The van der Waals surface area contributed by atoms with Crippen molar-refractivity contribution in [2.24, 2.45) is 5.92 Å². The highest BCUT2D eigenvalue weighted by atomic mass is 16.3. The van der Waals surface area contributed by atoms with Crippen LogP contribution in [0.15, 0.2) is 24.0 Å². The molecule has 1 aromatic heterocycles. The first-order valence-corrected chi connectivity index (χ1v) is 7.18. The first-order chi connectivity index (χ1) is 9.95. The summed E-state index contributed by atoms with van der Waals surface area (Å²) in [7, 11) is 0. The molecule has 0 bridgehead atoms. The molecule has 21 heavy (non-hydrogen) atoms. The molecule has 0 radical (unpaired) electrons.